The molecule has 29 heavy (non-hydrogen) atoms. The third-order valence-electron chi connectivity index (χ3n) is 5.27. The lowest BCUT2D eigenvalue weighted by atomic mass is 9.94. The van der Waals surface area contributed by atoms with Crippen molar-refractivity contribution in [3.63, 3.8) is 0 Å². The van der Waals surface area contributed by atoms with E-state index in [0.29, 0.717) is 16.5 Å². The minimum atomic E-state index is -0.499. The summed E-state index contributed by atoms with van der Waals surface area (Å²) in [6.07, 6.45) is 5.40. The average Bonchev–Trinajstić information content (AvgIpc) is 3.28. The molecule has 0 bridgehead atoms. The largest absolute Gasteiger partial charge is 0.507 e. The van der Waals surface area contributed by atoms with Crippen molar-refractivity contribution in [2.24, 2.45) is 5.10 Å². The van der Waals surface area contributed by atoms with Crippen LogP contribution in [0.3, 0.4) is 0 Å². The summed E-state index contributed by atoms with van der Waals surface area (Å²) in [7, 11) is 0. The van der Waals surface area contributed by atoms with Crippen molar-refractivity contribution >= 4 is 44.5 Å². The second-order valence-corrected chi connectivity index (χ2v) is 8.11. The number of phenols is 1. The first-order valence-corrected chi connectivity index (χ1v) is 10.2. The van der Waals surface area contributed by atoms with Crippen molar-refractivity contribution in [2.75, 3.05) is 0 Å². The Kier molecular flexibility index (Phi) is 4.24. The molecule has 2 aromatic carbocycles. The number of aromatic hydroxyl groups is 2. The number of hydrogen-bond acceptors (Lipinski definition) is 6. The number of hydrazone groups is 1. The van der Waals surface area contributed by atoms with Crippen LogP contribution < -0.4 is 5.43 Å². The molecule has 0 fully saturated rings. The molecule has 0 unspecified atom stereocenters. The quantitative estimate of drug-likeness (QED) is 0.339. The fourth-order valence-electron chi connectivity index (χ4n) is 3.89. The number of aryl methyl sites for hydroxylation is 2. The molecule has 5 rings (SSSR count). The number of carbonyl (C=O) groups is 1. The highest BCUT2D eigenvalue weighted by Crippen LogP contribution is 2.37. The maximum Gasteiger partial charge on any atom is 0.285 e. The van der Waals surface area contributed by atoms with Crippen LogP contribution in [0.2, 0.25) is 0 Å². The molecule has 7 heteroatoms. The number of hydrogen-bond donors (Lipinski definition) is 3. The van der Waals surface area contributed by atoms with E-state index in [0.717, 1.165) is 47.1 Å². The molecule has 2 aromatic heterocycles. The van der Waals surface area contributed by atoms with Gasteiger partial charge in [-0.3, -0.25) is 4.79 Å². The molecule has 1 aliphatic carbocycles. The molecule has 3 N–H and O–H groups in total. The van der Waals surface area contributed by atoms with Crippen molar-refractivity contribution in [3.05, 3.63) is 58.2 Å². The van der Waals surface area contributed by atoms with Crippen LogP contribution >= 0.6 is 11.3 Å². The number of phenolic OH excluding ortho intramolecular Hbond substituents is 1. The number of thiophene rings is 1. The summed E-state index contributed by atoms with van der Waals surface area (Å²) in [5, 5.41) is 26.2. The lowest BCUT2D eigenvalue weighted by Crippen LogP contribution is -2.16. The van der Waals surface area contributed by atoms with E-state index in [-0.39, 0.29) is 16.4 Å². The maximum atomic E-state index is 12.5. The zero-order valence-corrected chi connectivity index (χ0v) is 16.3. The van der Waals surface area contributed by atoms with Crippen molar-refractivity contribution in [1.82, 2.24) is 5.43 Å². The molecule has 0 saturated carbocycles. The van der Waals surface area contributed by atoms with E-state index in [1.807, 2.05) is 18.2 Å². The van der Waals surface area contributed by atoms with Crippen LogP contribution in [0.1, 0.15) is 39.4 Å². The number of benzene rings is 2. The van der Waals surface area contributed by atoms with Crippen LogP contribution in [0.4, 0.5) is 0 Å². The van der Waals surface area contributed by atoms with Gasteiger partial charge in [-0.1, -0.05) is 12.1 Å². The van der Waals surface area contributed by atoms with E-state index in [9.17, 15) is 15.0 Å². The Morgan fingerprint density at radius 3 is 2.83 bits per heavy atom. The highest BCUT2D eigenvalue weighted by Gasteiger charge is 2.21. The van der Waals surface area contributed by atoms with Crippen LogP contribution in [0.15, 0.2) is 45.9 Å². The number of carbonyl (C=O) groups excluding carboxylic acids is 1. The maximum absolute atomic E-state index is 12.5. The monoisotopic (exact) mass is 406 g/mol. The Morgan fingerprint density at radius 1 is 1.14 bits per heavy atom. The molecule has 0 atom stereocenters. The third-order valence-corrected chi connectivity index (χ3v) is 6.43. The van der Waals surface area contributed by atoms with Crippen molar-refractivity contribution in [3.8, 4) is 11.5 Å². The molecule has 1 amide bonds. The summed E-state index contributed by atoms with van der Waals surface area (Å²) in [6.45, 7) is 0. The van der Waals surface area contributed by atoms with Crippen molar-refractivity contribution in [1.29, 1.82) is 0 Å². The lowest BCUT2D eigenvalue weighted by molar-refractivity contribution is 0.0957. The van der Waals surface area contributed by atoms with E-state index in [1.165, 1.54) is 17.6 Å². The fraction of sp³-hybridized carbons (Fsp3) is 0.182. The third kappa shape index (κ3) is 2.94. The van der Waals surface area contributed by atoms with Gasteiger partial charge >= 0.3 is 0 Å². The fourth-order valence-corrected chi connectivity index (χ4v) is 4.88. The minimum Gasteiger partial charge on any atom is -0.507 e. The van der Waals surface area contributed by atoms with Crippen LogP contribution in [-0.2, 0) is 12.8 Å². The summed E-state index contributed by atoms with van der Waals surface area (Å²) in [6, 6.07) is 10.6. The zero-order valence-electron chi connectivity index (χ0n) is 15.4. The van der Waals surface area contributed by atoms with Gasteiger partial charge in [0.2, 0.25) is 0 Å². The number of furan rings is 1. The van der Waals surface area contributed by atoms with E-state index >= 15 is 0 Å². The van der Waals surface area contributed by atoms with Gasteiger partial charge in [0.1, 0.15) is 27.7 Å². The predicted molar refractivity (Wildman–Crippen MR) is 113 cm³/mol. The second kappa shape index (κ2) is 6.93. The van der Waals surface area contributed by atoms with Gasteiger partial charge in [-0.2, -0.15) is 5.10 Å². The normalized spacial score (nSPS) is 13.9. The summed E-state index contributed by atoms with van der Waals surface area (Å²) >= 11 is 1.20. The number of rotatable bonds is 3. The van der Waals surface area contributed by atoms with E-state index < -0.39 is 5.91 Å². The number of fused-ring (bicyclic) bond motifs is 4. The van der Waals surface area contributed by atoms with E-state index in [1.54, 1.807) is 18.2 Å². The first-order chi connectivity index (χ1) is 14.1. The first-order valence-electron chi connectivity index (χ1n) is 9.43. The lowest BCUT2D eigenvalue weighted by Gasteiger charge is -2.09. The Morgan fingerprint density at radius 2 is 1.97 bits per heavy atom. The number of nitrogens with one attached hydrogen (secondary N) is 1. The molecule has 146 valence electrons. The summed E-state index contributed by atoms with van der Waals surface area (Å²) in [5.74, 6) is 0.494. The molecule has 0 radical (unpaired) electrons. The molecule has 6 nitrogen and oxygen atoms in total. The first kappa shape index (κ1) is 17.8. The van der Waals surface area contributed by atoms with Gasteiger partial charge in [0.25, 0.3) is 5.91 Å². The summed E-state index contributed by atoms with van der Waals surface area (Å²) in [5.41, 5.74) is 4.80. The topological polar surface area (TPSA) is 95.1 Å². The van der Waals surface area contributed by atoms with Crippen molar-refractivity contribution < 1.29 is 19.4 Å². The standard InChI is InChI=1S/C22H18N2O4S/c25-15-9-10-17-19(12-5-1-3-7-16(12)28-17)14(15)11-23-24-22(27)21-20(26)13-6-2-4-8-18(13)29-21/h2,4,6,8-11,25-26H,1,3,5,7H2,(H,24,27). The predicted octanol–water partition coefficient (Wildman–Crippen LogP) is 4.70. The van der Waals surface area contributed by atoms with Gasteiger partial charge in [-0.05, 0) is 43.5 Å². The van der Waals surface area contributed by atoms with Crippen LogP contribution in [0, 0.1) is 0 Å². The van der Waals surface area contributed by atoms with Gasteiger partial charge in [0.15, 0.2) is 0 Å². The minimum absolute atomic E-state index is 0.0489. The SMILES string of the molecule is O=C(NN=Cc1c(O)ccc2oc3c(c12)CCCC3)c1sc2ccccc2c1O. The molecule has 0 saturated heterocycles. The van der Waals surface area contributed by atoms with Crippen LogP contribution in [0.25, 0.3) is 21.1 Å². The molecule has 4 aromatic rings. The molecule has 2 heterocycles. The Labute approximate surface area is 170 Å². The smallest absolute Gasteiger partial charge is 0.285 e. The molecule has 1 aliphatic rings. The van der Waals surface area contributed by atoms with Gasteiger partial charge < -0.3 is 14.6 Å². The van der Waals surface area contributed by atoms with Gasteiger partial charge in [-0.15, -0.1) is 11.3 Å². The van der Waals surface area contributed by atoms with E-state index in [2.05, 4.69) is 10.5 Å². The van der Waals surface area contributed by atoms with Gasteiger partial charge in [0, 0.05) is 33.0 Å². The molecular formula is C22H18N2O4S. The molecular weight excluding hydrogens is 388 g/mol. The van der Waals surface area contributed by atoms with Crippen molar-refractivity contribution in [2.45, 2.75) is 25.7 Å². The van der Waals surface area contributed by atoms with Gasteiger partial charge in [0.05, 0.1) is 6.21 Å². The number of nitrogens with zero attached hydrogens (tertiary/aromatic N) is 1. The molecule has 0 spiro atoms. The van der Waals surface area contributed by atoms with Gasteiger partial charge in [-0.25, -0.2) is 5.43 Å². The average molecular weight is 406 g/mol. The number of amides is 1. The summed E-state index contributed by atoms with van der Waals surface area (Å²) < 4.78 is 6.77. The zero-order chi connectivity index (χ0) is 20.0. The highest BCUT2D eigenvalue weighted by molar-refractivity contribution is 7.21. The Hall–Kier alpha value is -3.32. The Bertz CT molecular complexity index is 1290. The second-order valence-electron chi connectivity index (χ2n) is 7.06. The van der Waals surface area contributed by atoms with Crippen LogP contribution in [0.5, 0.6) is 11.5 Å². The molecule has 0 aliphatic heterocycles. The Balaban J connectivity index is 1.46. The van der Waals surface area contributed by atoms with E-state index in [4.69, 9.17) is 4.42 Å². The highest BCUT2D eigenvalue weighted by atomic mass is 32.1. The van der Waals surface area contributed by atoms with Crippen LogP contribution in [-0.4, -0.2) is 22.3 Å². The summed E-state index contributed by atoms with van der Waals surface area (Å²) in [4.78, 5) is 12.7.